The van der Waals surface area contributed by atoms with Crippen molar-refractivity contribution in [1.82, 2.24) is 14.0 Å². The van der Waals surface area contributed by atoms with Gasteiger partial charge in [-0.3, -0.25) is 14.0 Å². The summed E-state index contributed by atoms with van der Waals surface area (Å²) in [5.41, 5.74) is 1.68. The van der Waals surface area contributed by atoms with Crippen LogP contribution in [0.15, 0.2) is 62.9 Å². The fourth-order valence-electron chi connectivity index (χ4n) is 4.11. The molecule has 0 N–H and O–H groups in total. The highest BCUT2D eigenvalue weighted by Crippen LogP contribution is 2.18. The largest absolute Gasteiger partial charge is 0.462 e. The van der Waals surface area contributed by atoms with E-state index in [2.05, 4.69) is 20.9 Å². The molecule has 0 spiro atoms. The molecule has 0 aliphatic heterocycles. The lowest BCUT2D eigenvalue weighted by atomic mass is 10.2. The molecule has 4 aromatic rings. The molecule has 3 aromatic heterocycles. The van der Waals surface area contributed by atoms with E-state index in [4.69, 9.17) is 14.5 Å². The second kappa shape index (κ2) is 11.8. The van der Waals surface area contributed by atoms with Crippen molar-refractivity contribution in [3.05, 3.63) is 85.7 Å². The standard InChI is InChI=1S/C28H29BrN4O5/c1-5-37-28(36)21-16-20-24(30-23-18(4)10-8-13-33(23)27(20)35)32(14-9-15-38-17(2)3)25(21)31-26(34)19-11-6-7-12-22(19)29/h6-8,10-13,16-17H,5,9,14-15H2,1-4H3. The summed E-state index contributed by atoms with van der Waals surface area (Å²) >= 11 is 3.40. The van der Waals surface area contributed by atoms with Crippen LogP contribution in [0.1, 0.15) is 53.5 Å². The number of hydrogen-bond donors (Lipinski definition) is 0. The van der Waals surface area contributed by atoms with Gasteiger partial charge in [0.05, 0.1) is 23.7 Å². The van der Waals surface area contributed by atoms with Crippen LogP contribution in [0.2, 0.25) is 0 Å². The first-order chi connectivity index (χ1) is 18.2. The third-order valence-electron chi connectivity index (χ3n) is 5.89. The maximum absolute atomic E-state index is 13.6. The number of ether oxygens (including phenoxy) is 2. The molecule has 0 aliphatic rings. The van der Waals surface area contributed by atoms with E-state index >= 15 is 0 Å². The van der Waals surface area contributed by atoms with Crippen LogP contribution in [-0.4, -0.2) is 45.1 Å². The zero-order chi connectivity index (χ0) is 27.4. The molecule has 3 heterocycles. The number of hydrogen-bond acceptors (Lipinski definition) is 6. The summed E-state index contributed by atoms with van der Waals surface area (Å²) in [7, 11) is 0. The number of pyridine rings is 2. The highest BCUT2D eigenvalue weighted by atomic mass is 79.9. The van der Waals surface area contributed by atoms with Gasteiger partial charge >= 0.3 is 5.97 Å². The summed E-state index contributed by atoms with van der Waals surface area (Å²) in [5.74, 6) is -1.24. The molecular formula is C28H29BrN4O5. The first-order valence-electron chi connectivity index (χ1n) is 12.4. The Bertz CT molecular complexity index is 1660. The van der Waals surface area contributed by atoms with Crippen molar-refractivity contribution in [2.45, 2.75) is 46.8 Å². The molecule has 0 bridgehead atoms. The van der Waals surface area contributed by atoms with E-state index < -0.39 is 11.9 Å². The van der Waals surface area contributed by atoms with E-state index in [-0.39, 0.29) is 34.7 Å². The number of esters is 1. The van der Waals surface area contributed by atoms with Crippen LogP contribution < -0.4 is 11.0 Å². The number of aromatic nitrogens is 3. The molecule has 0 saturated carbocycles. The number of carbonyl (C=O) groups excluding carboxylic acids is 2. The van der Waals surface area contributed by atoms with Gasteiger partial charge in [0.2, 0.25) is 0 Å². The van der Waals surface area contributed by atoms with Crippen LogP contribution in [0.25, 0.3) is 16.7 Å². The first kappa shape index (κ1) is 27.4. The van der Waals surface area contributed by atoms with Crippen LogP contribution in [0, 0.1) is 6.92 Å². The molecule has 0 atom stereocenters. The van der Waals surface area contributed by atoms with E-state index in [9.17, 15) is 14.4 Å². The van der Waals surface area contributed by atoms with Gasteiger partial charge in [-0.25, -0.2) is 9.78 Å². The number of fused-ring (bicyclic) bond motifs is 2. The second-order valence-corrected chi connectivity index (χ2v) is 9.82. The van der Waals surface area contributed by atoms with E-state index in [1.54, 1.807) is 48.0 Å². The lowest BCUT2D eigenvalue weighted by Crippen LogP contribution is -2.33. The van der Waals surface area contributed by atoms with Crippen LogP contribution in [-0.2, 0) is 16.0 Å². The summed E-state index contributed by atoms with van der Waals surface area (Å²) < 4.78 is 14.7. The molecule has 0 saturated heterocycles. The molecule has 10 heteroatoms. The number of carbonyl (C=O) groups is 2. The smallest absolute Gasteiger partial charge is 0.341 e. The zero-order valence-corrected chi connectivity index (χ0v) is 23.3. The molecule has 1 aromatic carbocycles. The van der Waals surface area contributed by atoms with E-state index in [1.807, 2.05) is 26.8 Å². The Balaban J connectivity index is 2.07. The fraction of sp³-hybridized carbons (Fsp3) is 0.321. The van der Waals surface area contributed by atoms with Gasteiger partial charge in [0.15, 0.2) is 5.49 Å². The Morgan fingerprint density at radius 1 is 1.11 bits per heavy atom. The highest BCUT2D eigenvalue weighted by Gasteiger charge is 2.21. The lowest BCUT2D eigenvalue weighted by Gasteiger charge is -2.16. The van der Waals surface area contributed by atoms with Crippen molar-refractivity contribution in [1.29, 1.82) is 0 Å². The molecule has 198 valence electrons. The number of amides is 1. The molecule has 0 fully saturated rings. The predicted molar refractivity (Wildman–Crippen MR) is 147 cm³/mol. The molecule has 1 amide bonds. The molecule has 0 aliphatic carbocycles. The maximum Gasteiger partial charge on any atom is 0.341 e. The SMILES string of the molecule is CCOC(=O)c1cc2c(=O)n3cccc(C)c3nc2n(CCCOC(C)C)c1=NC(=O)c1ccccc1Br. The number of halogens is 1. The summed E-state index contributed by atoms with van der Waals surface area (Å²) in [6.07, 6.45) is 2.21. The van der Waals surface area contributed by atoms with Crippen molar-refractivity contribution in [2.24, 2.45) is 4.99 Å². The summed E-state index contributed by atoms with van der Waals surface area (Å²) in [6, 6.07) is 12.0. The quantitative estimate of drug-likeness (QED) is 0.173. The second-order valence-electron chi connectivity index (χ2n) is 8.96. The highest BCUT2D eigenvalue weighted by molar-refractivity contribution is 9.10. The van der Waals surface area contributed by atoms with Gasteiger partial charge in [0, 0.05) is 23.8 Å². The zero-order valence-electron chi connectivity index (χ0n) is 21.7. The van der Waals surface area contributed by atoms with Crippen molar-refractivity contribution in [3.8, 4) is 0 Å². The Hall–Kier alpha value is -3.63. The van der Waals surface area contributed by atoms with Crippen molar-refractivity contribution < 1.29 is 19.1 Å². The number of nitrogens with zero attached hydrogens (tertiary/aromatic N) is 4. The summed E-state index contributed by atoms with van der Waals surface area (Å²) in [5, 5.41) is 0.216. The van der Waals surface area contributed by atoms with Gasteiger partial charge in [0.25, 0.3) is 11.5 Å². The van der Waals surface area contributed by atoms with Crippen LogP contribution in [0.3, 0.4) is 0 Å². The van der Waals surface area contributed by atoms with E-state index in [0.29, 0.717) is 40.9 Å². The number of benzene rings is 1. The van der Waals surface area contributed by atoms with Crippen LogP contribution in [0.5, 0.6) is 0 Å². The maximum atomic E-state index is 13.6. The Morgan fingerprint density at radius 3 is 2.58 bits per heavy atom. The van der Waals surface area contributed by atoms with Crippen molar-refractivity contribution >= 4 is 44.5 Å². The predicted octanol–water partition coefficient (Wildman–Crippen LogP) is 4.45. The Kier molecular flexibility index (Phi) is 8.53. The molecular weight excluding hydrogens is 552 g/mol. The minimum absolute atomic E-state index is 0.0102. The van der Waals surface area contributed by atoms with Gasteiger partial charge in [-0.15, -0.1) is 0 Å². The molecule has 4 rings (SSSR count). The number of rotatable bonds is 8. The van der Waals surface area contributed by atoms with Gasteiger partial charge < -0.3 is 14.0 Å². The van der Waals surface area contributed by atoms with E-state index in [0.717, 1.165) is 5.56 Å². The molecule has 38 heavy (non-hydrogen) atoms. The van der Waals surface area contributed by atoms with Crippen LogP contribution in [0.4, 0.5) is 0 Å². The average molecular weight is 581 g/mol. The van der Waals surface area contributed by atoms with Gasteiger partial charge in [-0.2, -0.15) is 4.99 Å². The topological polar surface area (TPSA) is 104 Å². The van der Waals surface area contributed by atoms with Crippen LogP contribution >= 0.6 is 15.9 Å². The average Bonchev–Trinajstić information content (AvgIpc) is 2.88. The fourth-order valence-corrected chi connectivity index (χ4v) is 4.57. The normalized spacial score (nSPS) is 12.0. The third-order valence-corrected chi connectivity index (χ3v) is 6.58. The monoisotopic (exact) mass is 580 g/mol. The first-order valence-corrected chi connectivity index (χ1v) is 13.2. The minimum atomic E-state index is -0.686. The molecule has 9 nitrogen and oxygen atoms in total. The number of aryl methyl sites for hydroxylation is 2. The van der Waals surface area contributed by atoms with Gasteiger partial charge in [0.1, 0.15) is 16.9 Å². The summed E-state index contributed by atoms with van der Waals surface area (Å²) in [4.78, 5) is 49.2. The van der Waals surface area contributed by atoms with Crippen molar-refractivity contribution in [2.75, 3.05) is 13.2 Å². The Labute approximate surface area is 227 Å². The molecule has 0 unspecified atom stereocenters. The summed E-state index contributed by atoms with van der Waals surface area (Å²) in [6.45, 7) is 8.28. The van der Waals surface area contributed by atoms with Crippen molar-refractivity contribution in [3.63, 3.8) is 0 Å². The lowest BCUT2D eigenvalue weighted by molar-refractivity contribution is 0.0523. The van der Waals surface area contributed by atoms with E-state index in [1.165, 1.54) is 10.5 Å². The molecule has 0 radical (unpaired) electrons. The third kappa shape index (κ3) is 5.61. The van der Waals surface area contributed by atoms with Gasteiger partial charge in [-0.05, 0) is 79.9 Å². The Morgan fingerprint density at radius 2 is 1.87 bits per heavy atom. The minimum Gasteiger partial charge on any atom is -0.462 e. The van der Waals surface area contributed by atoms with Gasteiger partial charge in [-0.1, -0.05) is 18.2 Å².